The summed E-state index contributed by atoms with van der Waals surface area (Å²) in [4.78, 5) is 26.7. The third-order valence-corrected chi connectivity index (χ3v) is 5.39. The normalized spacial score (nSPS) is 13.6. The SMILES string of the molecule is CC(C)CC(=O)ON1CCc2nc(-c3ccc(OCc4ccc(Cl)cc4)cc3)ncc2C1. The van der Waals surface area contributed by atoms with Crippen LogP contribution in [-0.4, -0.2) is 27.5 Å². The molecule has 1 aliphatic rings. The van der Waals surface area contributed by atoms with E-state index in [2.05, 4.69) is 4.98 Å². The maximum atomic E-state index is 11.9. The Labute approximate surface area is 193 Å². The standard InChI is InChI=1S/C25H26ClN3O3/c1-17(2)13-24(30)32-29-12-11-23-20(15-29)14-27-25(28-23)19-5-9-22(10-6-19)31-16-18-3-7-21(26)8-4-18/h3-10,14,17H,11-13,15-16H2,1-2H3. The van der Waals surface area contributed by atoms with Crippen LogP contribution < -0.4 is 4.74 Å². The highest BCUT2D eigenvalue weighted by Crippen LogP contribution is 2.24. The summed E-state index contributed by atoms with van der Waals surface area (Å²) in [7, 11) is 0. The molecule has 0 fully saturated rings. The molecule has 32 heavy (non-hydrogen) atoms. The Morgan fingerprint density at radius 1 is 1.12 bits per heavy atom. The van der Waals surface area contributed by atoms with Crippen molar-refractivity contribution in [3.8, 4) is 17.1 Å². The molecular formula is C25H26ClN3O3. The van der Waals surface area contributed by atoms with Crippen molar-refractivity contribution in [2.75, 3.05) is 6.54 Å². The smallest absolute Gasteiger partial charge is 0.325 e. The van der Waals surface area contributed by atoms with E-state index < -0.39 is 0 Å². The zero-order chi connectivity index (χ0) is 22.5. The predicted molar refractivity (Wildman–Crippen MR) is 123 cm³/mol. The quantitative estimate of drug-likeness (QED) is 0.489. The Bertz CT molecular complexity index is 1070. The number of nitrogens with zero attached hydrogens (tertiary/aromatic N) is 3. The van der Waals surface area contributed by atoms with E-state index in [1.165, 1.54) is 0 Å². The van der Waals surface area contributed by atoms with Crippen molar-refractivity contribution in [2.45, 2.75) is 39.8 Å². The van der Waals surface area contributed by atoms with Gasteiger partial charge in [-0.1, -0.05) is 37.6 Å². The highest BCUT2D eigenvalue weighted by molar-refractivity contribution is 6.30. The van der Waals surface area contributed by atoms with Crippen molar-refractivity contribution in [1.82, 2.24) is 15.0 Å². The monoisotopic (exact) mass is 451 g/mol. The lowest BCUT2D eigenvalue weighted by molar-refractivity contribution is -0.196. The molecule has 0 amide bonds. The molecule has 0 spiro atoms. The Morgan fingerprint density at radius 3 is 2.59 bits per heavy atom. The molecule has 0 saturated heterocycles. The van der Waals surface area contributed by atoms with Gasteiger partial charge in [0.25, 0.3) is 0 Å². The van der Waals surface area contributed by atoms with Crippen LogP contribution in [-0.2, 0) is 29.2 Å². The van der Waals surface area contributed by atoms with E-state index in [1.807, 2.05) is 68.6 Å². The van der Waals surface area contributed by atoms with Crippen molar-refractivity contribution in [3.05, 3.63) is 76.6 Å². The predicted octanol–water partition coefficient (Wildman–Crippen LogP) is 5.24. The van der Waals surface area contributed by atoms with Crippen molar-refractivity contribution < 1.29 is 14.4 Å². The van der Waals surface area contributed by atoms with Crippen LogP contribution in [0.3, 0.4) is 0 Å². The van der Waals surface area contributed by atoms with Gasteiger partial charge in [-0.25, -0.2) is 9.97 Å². The molecule has 7 heteroatoms. The lowest BCUT2D eigenvalue weighted by atomic mass is 10.1. The van der Waals surface area contributed by atoms with E-state index in [1.54, 1.807) is 5.06 Å². The number of hydroxylamine groups is 2. The molecule has 3 aromatic rings. The van der Waals surface area contributed by atoms with Crippen molar-refractivity contribution >= 4 is 17.6 Å². The number of benzene rings is 2. The number of ether oxygens (including phenoxy) is 1. The topological polar surface area (TPSA) is 64.5 Å². The second-order valence-electron chi connectivity index (χ2n) is 8.28. The second-order valence-corrected chi connectivity index (χ2v) is 8.72. The minimum Gasteiger partial charge on any atom is -0.489 e. The van der Waals surface area contributed by atoms with E-state index in [0.717, 1.165) is 28.1 Å². The molecule has 0 atom stereocenters. The Kier molecular flexibility index (Phi) is 7.02. The van der Waals surface area contributed by atoms with Crippen LogP contribution in [0.25, 0.3) is 11.4 Å². The number of carbonyl (C=O) groups excluding carboxylic acids is 1. The van der Waals surface area contributed by atoms with Crippen molar-refractivity contribution in [1.29, 1.82) is 0 Å². The first-order valence-electron chi connectivity index (χ1n) is 10.7. The van der Waals surface area contributed by atoms with Gasteiger partial charge in [0.2, 0.25) is 0 Å². The van der Waals surface area contributed by atoms with Crippen LogP contribution in [0.2, 0.25) is 5.02 Å². The minimum atomic E-state index is -0.195. The van der Waals surface area contributed by atoms with E-state index in [4.69, 9.17) is 26.2 Å². The van der Waals surface area contributed by atoms with Crippen LogP contribution in [0.15, 0.2) is 54.7 Å². The molecule has 0 bridgehead atoms. The average molecular weight is 452 g/mol. The van der Waals surface area contributed by atoms with Gasteiger partial charge in [0.05, 0.1) is 12.2 Å². The zero-order valence-electron chi connectivity index (χ0n) is 18.3. The van der Waals surface area contributed by atoms with Gasteiger partial charge in [-0.3, -0.25) is 4.79 Å². The highest BCUT2D eigenvalue weighted by atomic mass is 35.5. The Hall–Kier alpha value is -2.96. The number of hydrogen-bond acceptors (Lipinski definition) is 6. The van der Waals surface area contributed by atoms with Gasteiger partial charge in [-0.2, -0.15) is 0 Å². The van der Waals surface area contributed by atoms with Crippen molar-refractivity contribution in [2.24, 2.45) is 5.92 Å². The molecule has 166 valence electrons. The summed E-state index contributed by atoms with van der Waals surface area (Å²) in [6.45, 7) is 5.62. The Morgan fingerprint density at radius 2 is 1.88 bits per heavy atom. The van der Waals surface area contributed by atoms with Crippen LogP contribution in [0.5, 0.6) is 5.75 Å². The maximum Gasteiger partial charge on any atom is 0.325 e. The fourth-order valence-corrected chi connectivity index (χ4v) is 3.60. The van der Waals surface area contributed by atoms with Gasteiger partial charge >= 0.3 is 5.97 Å². The first-order valence-corrected chi connectivity index (χ1v) is 11.1. The highest BCUT2D eigenvalue weighted by Gasteiger charge is 2.22. The molecule has 4 rings (SSSR count). The van der Waals surface area contributed by atoms with Crippen LogP contribution in [0.4, 0.5) is 0 Å². The number of carbonyl (C=O) groups is 1. The second kappa shape index (κ2) is 10.1. The van der Waals surface area contributed by atoms with Gasteiger partial charge in [-0.15, -0.1) is 5.06 Å². The molecule has 0 aliphatic carbocycles. The number of fused-ring (bicyclic) bond motifs is 1. The van der Waals surface area contributed by atoms with Crippen LogP contribution in [0.1, 0.15) is 37.1 Å². The van der Waals surface area contributed by atoms with Crippen LogP contribution in [0, 0.1) is 5.92 Å². The lowest BCUT2D eigenvalue weighted by Crippen LogP contribution is -2.33. The summed E-state index contributed by atoms with van der Waals surface area (Å²) in [5, 5.41) is 2.41. The molecule has 1 aliphatic heterocycles. The summed E-state index contributed by atoms with van der Waals surface area (Å²) in [6, 6.07) is 15.4. The fraction of sp³-hybridized carbons (Fsp3) is 0.320. The lowest BCUT2D eigenvalue weighted by Gasteiger charge is -2.26. The molecule has 1 aromatic heterocycles. The Balaban J connectivity index is 1.36. The molecule has 0 N–H and O–H groups in total. The van der Waals surface area contributed by atoms with Gasteiger partial charge in [0, 0.05) is 41.7 Å². The van der Waals surface area contributed by atoms with Gasteiger partial charge < -0.3 is 9.57 Å². The molecule has 0 radical (unpaired) electrons. The van der Waals surface area contributed by atoms with Crippen LogP contribution >= 0.6 is 11.6 Å². The van der Waals surface area contributed by atoms with E-state index in [0.29, 0.717) is 43.4 Å². The van der Waals surface area contributed by atoms with Crippen molar-refractivity contribution in [3.63, 3.8) is 0 Å². The molecule has 2 aromatic carbocycles. The molecule has 0 saturated carbocycles. The maximum absolute atomic E-state index is 11.9. The third kappa shape index (κ3) is 5.84. The van der Waals surface area contributed by atoms with Gasteiger partial charge in [-0.05, 0) is 47.9 Å². The molecule has 2 heterocycles. The summed E-state index contributed by atoms with van der Waals surface area (Å²) in [5.41, 5.74) is 3.97. The number of hydrogen-bond donors (Lipinski definition) is 0. The number of halogens is 1. The molecule has 6 nitrogen and oxygen atoms in total. The van der Waals surface area contributed by atoms with E-state index in [9.17, 15) is 4.79 Å². The average Bonchev–Trinajstić information content (AvgIpc) is 2.78. The summed E-state index contributed by atoms with van der Waals surface area (Å²) in [6.07, 6.45) is 2.95. The largest absolute Gasteiger partial charge is 0.489 e. The minimum absolute atomic E-state index is 0.195. The third-order valence-electron chi connectivity index (χ3n) is 5.14. The zero-order valence-corrected chi connectivity index (χ0v) is 19.0. The number of aromatic nitrogens is 2. The first kappa shape index (κ1) is 22.2. The van der Waals surface area contributed by atoms with Gasteiger partial charge in [0.1, 0.15) is 12.4 Å². The fourth-order valence-electron chi connectivity index (χ4n) is 3.47. The van der Waals surface area contributed by atoms with E-state index >= 15 is 0 Å². The summed E-state index contributed by atoms with van der Waals surface area (Å²) >= 11 is 5.92. The summed E-state index contributed by atoms with van der Waals surface area (Å²) in [5.74, 6) is 1.54. The van der Waals surface area contributed by atoms with Gasteiger partial charge in [0.15, 0.2) is 5.82 Å². The van der Waals surface area contributed by atoms with E-state index in [-0.39, 0.29) is 11.9 Å². The molecular weight excluding hydrogens is 426 g/mol. The molecule has 0 unspecified atom stereocenters. The first-order chi connectivity index (χ1) is 15.5. The number of rotatable bonds is 7. The summed E-state index contributed by atoms with van der Waals surface area (Å²) < 4.78 is 5.85.